The van der Waals surface area contributed by atoms with Gasteiger partial charge in [-0.05, 0) is 18.6 Å². The Morgan fingerprint density at radius 3 is 2.73 bits per heavy atom. The third kappa shape index (κ3) is 3.36. The van der Waals surface area contributed by atoms with Gasteiger partial charge in [0.05, 0.1) is 17.0 Å². The molecule has 4 rings (SSSR count). The standard InChI is InChI=1S/C20H21N5O/c1-13-2-5-15(6-3-13)17-7-4-14(10-22-17)11-25-9-8-18-16(12-25)19(26)24-20(21)23-18/h2-7,10H,8-9,11-12H2,1H3,(H3,21,23,24,26). The van der Waals surface area contributed by atoms with Gasteiger partial charge in [0, 0.05) is 37.8 Å². The van der Waals surface area contributed by atoms with E-state index in [-0.39, 0.29) is 11.5 Å². The van der Waals surface area contributed by atoms with Crippen LogP contribution < -0.4 is 11.3 Å². The third-order valence-corrected chi connectivity index (χ3v) is 4.74. The molecule has 1 aliphatic heterocycles. The summed E-state index contributed by atoms with van der Waals surface area (Å²) in [5, 5.41) is 0. The Kier molecular flexibility index (Phi) is 4.26. The Bertz CT molecular complexity index is 977. The molecule has 0 amide bonds. The Hall–Kier alpha value is -2.99. The molecule has 2 aromatic heterocycles. The van der Waals surface area contributed by atoms with Crippen LogP contribution in [0.5, 0.6) is 0 Å². The summed E-state index contributed by atoms with van der Waals surface area (Å²) in [6, 6.07) is 12.5. The van der Waals surface area contributed by atoms with Gasteiger partial charge >= 0.3 is 0 Å². The van der Waals surface area contributed by atoms with E-state index in [1.165, 1.54) is 5.56 Å². The van der Waals surface area contributed by atoms with E-state index in [4.69, 9.17) is 5.73 Å². The molecule has 3 aromatic rings. The average Bonchev–Trinajstić information content (AvgIpc) is 2.64. The van der Waals surface area contributed by atoms with Crippen molar-refractivity contribution in [3.05, 3.63) is 75.3 Å². The molecule has 3 N–H and O–H groups in total. The molecule has 1 aliphatic rings. The van der Waals surface area contributed by atoms with Gasteiger partial charge < -0.3 is 5.73 Å². The maximum Gasteiger partial charge on any atom is 0.257 e. The number of fused-ring (bicyclic) bond motifs is 1. The Morgan fingerprint density at radius 1 is 1.19 bits per heavy atom. The minimum absolute atomic E-state index is 0.134. The molecule has 3 heterocycles. The molecular weight excluding hydrogens is 326 g/mol. The third-order valence-electron chi connectivity index (χ3n) is 4.74. The summed E-state index contributed by atoms with van der Waals surface area (Å²) in [6.07, 6.45) is 2.65. The van der Waals surface area contributed by atoms with Crippen LogP contribution in [-0.2, 0) is 19.5 Å². The summed E-state index contributed by atoms with van der Waals surface area (Å²) in [6.45, 7) is 4.26. The molecular formula is C20H21N5O. The van der Waals surface area contributed by atoms with Crippen molar-refractivity contribution in [3.63, 3.8) is 0 Å². The highest BCUT2D eigenvalue weighted by Crippen LogP contribution is 2.20. The van der Waals surface area contributed by atoms with Gasteiger partial charge in [0.2, 0.25) is 5.95 Å². The fraction of sp³-hybridized carbons (Fsp3) is 0.250. The molecule has 0 atom stereocenters. The number of hydrogen-bond donors (Lipinski definition) is 2. The highest BCUT2D eigenvalue weighted by atomic mass is 16.1. The molecule has 6 nitrogen and oxygen atoms in total. The number of aromatic amines is 1. The fourth-order valence-electron chi connectivity index (χ4n) is 3.31. The Morgan fingerprint density at radius 2 is 2.00 bits per heavy atom. The highest BCUT2D eigenvalue weighted by Gasteiger charge is 2.20. The first-order valence-corrected chi connectivity index (χ1v) is 8.70. The lowest BCUT2D eigenvalue weighted by Crippen LogP contribution is -2.35. The number of nitrogens with one attached hydrogen (secondary N) is 1. The molecule has 132 valence electrons. The zero-order chi connectivity index (χ0) is 18.1. The van der Waals surface area contributed by atoms with Crippen molar-refractivity contribution in [1.29, 1.82) is 0 Å². The van der Waals surface area contributed by atoms with E-state index in [2.05, 4.69) is 57.1 Å². The van der Waals surface area contributed by atoms with Crippen LogP contribution in [0.15, 0.2) is 47.4 Å². The SMILES string of the molecule is Cc1ccc(-c2ccc(CN3CCc4nc(N)[nH]c(=O)c4C3)cn2)cc1. The first kappa shape index (κ1) is 16.5. The number of pyridine rings is 1. The van der Waals surface area contributed by atoms with Crippen LogP contribution in [0.25, 0.3) is 11.3 Å². The average molecular weight is 347 g/mol. The minimum Gasteiger partial charge on any atom is -0.369 e. The second kappa shape index (κ2) is 6.72. The second-order valence-corrected chi connectivity index (χ2v) is 6.75. The van der Waals surface area contributed by atoms with Gasteiger partial charge in [0.15, 0.2) is 0 Å². The number of hydrogen-bond acceptors (Lipinski definition) is 5. The van der Waals surface area contributed by atoms with Crippen molar-refractivity contribution in [3.8, 4) is 11.3 Å². The maximum absolute atomic E-state index is 12.1. The van der Waals surface area contributed by atoms with E-state index in [0.29, 0.717) is 6.54 Å². The van der Waals surface area contributed by atoms with Gasteiger partial charge in [0.1, 0.15) is 0 Å². The number of rotatable bonds is 3. The number of aromatic nitrogens is 3. The van der Waals surface area contributed by atoms with Gasteiger partial charge in [-0.3, -0.25) is 19.7 Å². The molecule has 26 heavy (non-hydrogen) atoms. The van der Waals surface area contributed by atoms with Gasteiger partial charge in [-0.15, -0.1) is 0 Å². The van der Waals surface area contributed by atoms with E-state index < -0.39 is 0 Å². The highest BCUT2D eigenvalue weighted by molar-refractivity contribution is 5.59. The second-order valence-electron chi connectivity index (χ2n) is 6.75. The van der Waals surface area contributed by atoms with E-state index in [0.717, 1.165) is 47.6 Å². The van der Waals surface area contributed by atoms with Crippen LogP contribution in [0.4, 0.5) is 5.95 Å². The predicted molar refractivity (Wildman–Crippen MR) is 101 cm³/mol. The summed E-state index contributed by atoms with van der Waals surface area (Å²) in [4.78, 5) is 25.8. The van der Waals surface area contributed by atoms with Crippen LogP contribution in [0.2, 0.25) is 0 Å². The van der Waals surface area contributed by atoms with Crippen molar-refractivity contribution in [1.82, 2.24) is 19.9 Å². The number of nitrogens with two attached hydrogens (primary N) is 1. The molecule has 1 aromatic carbocycles. The summed E-state index contributed by atoms with van der Waals surface area (Å²) < 4.78 is 0. The number of aryl methyl sites for hydroxylation is 1. The molecule has 0 saturated heterocycles. The van der Waals surface area contributed by atoms with Crippen molar-refractivity contribution in [2.75, 3.05) is 12.3 Å². The van der Waals surface area contributed by atoms with Crippen LogP contribution >= 0.6 is 0 Å². The molecule has 0 saturated carbocycles. The number of nitrogens with zero attached hydrogens (tertiary/aromatic N) is 3. The Balaban J connectivity index is 1.48. The normalized spacial score (nSPS) is 14.2. The minimum atomic E-state index is -0.134. The summed E-state index contributed by atoms with van der Waals surface area (Å²) in [7, 11) is 0. The lowest BCUT2D eigenvalue weighted by atomic mass is 10.1. The molecule has 0 unspecified atom stereocenters. The Labute approximate surface area is 151 Å². The summed E-state index contributed by atoms with van der Waals surface area (Å²) in [5.41, 5.74) is 11.5. The molecule has 0 aliphatic carbocycles. The van der Waals surface area contributed by atoms with E-state index in [9.17, 15) is 4.79 Å². The van der Waals surface area contributed by atoms with Gasteiger partial charge in [-0.25, -0.2) is 4.98 Å². The van der Waals surface area contributed by atoms with E-state index >= 15 is 0 Å². The molecule has 0 bridgehead atoms. The number of nitrogen functional groups attached to an aromatic ring is 1. The number of benzene rings is 1. The maximum atomic E-state index is 12.1. The smallest absolute Gasteiger partial charge is 0.257 e. The molecule has 0 radical (unpaired) electrons. The predicted octanol–water partition coefficient (Wildman–Crippen LogP) is 2.28. The van der Waals surface area contributed by atoms with Crippen LogP contribution in [0.1, 0.15) is 22.4 Å². The summed E-state index contributed by atoms with van der Waals surface area (Å²) in [5.74, 6) is 0.193. The zero-order valence-corrected chi connectivity index (χ0v) is 14.7. The molecule has 0 spiro atoms. The zero-order valence-electron chi connectivity index (χ0n) is 14.7. The van der Waals surface area contributed by atoms with Crippen LogP contribution in [0.3, 0.4) is 0 Å². The van der Waals surface area contributed by atoms with E-state index in [1.54, 1.807) is 0 Å². The van der Waals surface area contributed by atoms with Crippen molar-refractivity contribution in [2.45, 2.75) is 26.4 Å². The van der Waals surface area contributed by atoms with Crippen LogP contribution in [-0.4, -0.2) is 26.4 Å². The first-order valence-electron chi connectivity index (χ1n) is 8.70. The molecule has 6 heteroatoms. The van der Waals surface area contributed by atoms with E-state index in [1.807, 2.05) is 12.3 Å². The quantitative estimate of drug-likeness (QED) is 0.759. The summed E-state index contributed by atoms with van der Waals surface area (Å²) >= 11 is 0. The molecule has 0 fully saturated rings. The van der Waals surface area contributed by atoms with Gasteiger partial charge in [-0.1, -0.05) is 35.9 Å². The lowest BCUT2D eigenvalue weighted by Gasteiger charge is -2.27. The lowest BCUT2D eigenvalue weighted by molar-refractivity contribution is 0.241. The van der Waals surface area contributed by atoms with Crippen molar-refractivity contribution < 1.29 is 0 Å². The number of anilines is 1. The van der Waals surface area contributed by atoms with Crippen molar-refractivity contribution >= 4 is 5.95 Å². The van der Waals surface area contributed by atoms with Crippen LogP contribution in [0, 0.1) is 6.92 Å². The van der Waals surface area contributed by atoms with Gasteiger partial charge in [-0.2, -0.15) is 0 Å². The van der Waals surface area contributed by atoms with Crippen molar-refractivity contribution in [2.24, 2.45) is 0 Å². The largest absolute Gasteiger partial charge is 0.369 e. The fourth-order valence-corrected chi connectivity index (χ4v) is 3.31. The van der Waals surface area contributed by atoms with Gasteiger partial charge in [0.25, 0.3) is 5.56 Å². The monoisotopic (exact) mass is 347 g/mol. The number of H-pyrrole nitrogens is 1. The topological polar surface area (TPSA) is 87.9 Å². The first-order chi connectivity index (χ1) is 12.6.